The average Bonchev–Trinajstić information content (AvgIpc) is 2.48. The fourth-order valence-electron chi connectivity index (χ4n) is 1.77. The summed E-state index contributed by atoms with van der Waals surface area (Å²) in [5.74, 6) is -0.509. The van der Waals surface area contributed by atoms with Crippen LogP contribution in [0.4, 0.5) is 10.5 Å². The number of halogens is 1. The highest BCUT2D eigenvalue weighted by atomic mass is 35.5. The van der Waals surface area contributed by atoms with E-state index in [1.165, 1.54) is 18.9 Å². The molecule has 0 radical (unpaired) electrons. The molecule has 1 atom stereocenters. The first-order valence-corrected chi connectivity index (χ1v) is 7.70. The smallest absolute Gasteiger partial charge is 0.403 e. The van der Waals surface area contributed by atoms with Crippen LogP contribution in [0.5, 0.6) is 0 Å². The van der Waals surface area contributed by atoms with Gasteiger partial charge in [0.05, 0.1) is 12.2 Å². The Labute approximate surface area is 136 Å². The van der Waals surface area contributed by atoms with Crippen LogP contribution in [0.25, 0.3) is 0 Å². The first-order chi connectivity index (χ1) is 10.4. The first-order valence-electron chi connectivity index (χ1n) is 7.32. The monoisotopic (exact) mass is 329 g/mol. The molecule has 3 N–H and O–H groups in total. The lowest BCUT2D eigenvalue weighted by Crippen LogP contribution is -2.09. The van der Waals surface area contributed by atoms with Crippen molar-refractivity contribution in [2.45, 2.75) is 39.5 Å². The molecule has 0 aliphatic carbocycles. The van der Waals surface area contributed by atoms with Crippen LogP contribution in [-0.4, -0.2) is 23.1 Å². The number of hydrogen-bond donors (Lipinski definition) is 2. The van der Waals surface area contributed by atoms with Crippen molar-refractivity contribution >= 4 is 28.7 Å². The molecule has 0 saturated carbocycles. The summed E-state index contributed by atoms with van der Waals surface area (Å²) in [6, 6.07) is 6.36. The number of hydrogen-bond acceptors (Lipinski definition) is 4. The van der Waals surface area contributed by atoms with Gasteiger partial charge in [0.2, 0.25) is 0 Å². The predicted molar refractivity (Wildman–Crippen MR) is 88.3 cm³/mol. The second kappa shape index (κ2) is 11.9. The molecule has 0 aliphatic heterocycles. The van der Waals surface area contributed by atoms with E-state index in [0.29, 0.717) is 18.2 Å². The molecule has 1 aromatic carbocycles. The maximum atomic E-state index is 10.3. The molecule has 0 heterocycles. The van der Waals surface area contributed by atoms with E-state index < -0.39 is 11.4 Å². The standard InChI is InChI=1S/C9H17ClO2.C7H7NO2/c1-3-5-6-8(4-2)7-12-9(10)11;8-6-4-2-1-3-5(6)7(9)10/h8H,3-7H2,1-2H3;1-4H,8H2,(H,9,10). The topological polar surface area (TPSA) is 89.6 Å². The molecule has 0 saturated heterocycles. The Bertz CT molecular complexity index is 465. The minimum atomic E-state index is -0.988. The van der Waals surface area contributed by atoms with E-state index in [1.807, 2.05) is 0 Å². The number of carbonyl (C=O) groups is 2. The summed E-state index contributed by atoms with van der Waals surface area (Å²) in [7, 11) is 0. The molecule has 0 amide bonds. The van der Waals surface area contributed by atoms with Gasteiger partial charge in [0.1, 0.15) is 0 Å². The van der Waals surface area contributed by atoms with Crippen LogP contribution in [-0.2, 0) is 4.74 Å². The van der Waals surface area contributed by atoms with Gasteiger partial charge in [-0.2, -0.15) is 0 Å². The van der Waals surface area contributed by atoms with Crippen LogP contribution in [0, 0.1) is 5.92 Å². The number of carbonyl (C=O) groups excluding carboxylic acids is 1. The van der Waals surface area contributed by atoms with Gasteiger partial charge < -0.3 is 15.6 Å². The van der Waals surface area contributed by atoms with E-state index in [4.69, 9.17) is 27.2 Å². The van der Waals surface area contributed by atoms with Crippen molar-refractivity contribution in [2.24, 2.45) is 5.92 Å². The van der Waals surface area contributed by atoms with Gasteiger partial charge in [0, 0.05) is 17.3 Å². The lowest BCUT2D eigenvalue weighted by molar-refractivity contribution is 0.0698. The number of para-hydroxylation sites is 1. The summed E-state index contributed by atoms with van der Waals surface area (Å²) in [5.41, 5.74) is 5.11. The van der Waals surface area contributed by atoms with Gasteiger partial charge in [-0.15, -0.1) is 0 Å². The van der Waals surface area contributed by atoms with Gasteiger partial charge in [-0.1, -0.05) is 45.2 Å². The third-order valence-electron chi connectivity index (χ3n) is 3.17. The SMILES string of the molecule is CCCCC(CC)COC(=O)Cl.Nc1ccccc1C(=O)O. The summed E-state index contributed by atoms with van der Waals surface area (Å²) in [6.07, 6.45) is 4.55. The summed E-state index contributed by atoms with van der Waals surface area (Å²) >= 11 is 5.05. The quantitative estimate of drug-likeness (QED) is 0.566. The van der Waals surface area contributed by atoms with E-state index in [1.54, 1.807) is 18.2 Å². The normalized spacial score (nSPS) is 11.0. The fraction of sp³-hybridized carbons (Fsp3) is 0.500. The maximum Gasteiger partial charge on any atom is 0.403 e. The summed E-state index contributed by atoms with van der Waals surface area (Å²) < 4.78 is 4.72. The Balaban J connectivity index is 0.000000406. The maximum absolute atomic E-state index is 10.3. The summed E-state index contributed by atoms with van der Waals surface area (Å²) in [4.78, 5) is 20.6. The number of unbranched alkanes of at least 4 members (excludes halogenated alkanes) is 1. The second-order valence-electron chi connectivity index (χ2n) is 4.86. The summed E-state index contributed by atoms with van der Waals surface area (Å²) in [6.45, 7) is 4.72. The molecule has 1 unspecified atom stereocenters. The van der Waals surface area contributed by atoms with Crippen molar-refractivity contribution in [1.82, 2.24) is 0 Å². The largest absolute Gasteiger partial charge is 0.478 e. The number of carboxylic acid groups (broad SMARTS) is 1. The van der Waals surface area contributed by atoms with Crippen LogP contribution in [0.15, 0.2) is 24.3 Å². The van der Waals surface area contributed by atoms with Crippen LogP contribution < -0.4 is 5.73 Å². The average molecular weight is 330 g/mol. The van der Waals surface area contributed by atoms with Crippen molar-refractivity contribution in [3.05, 3.63) is 29.8 Å². The molecule has 124 valence electrons. The molecular formula is C16H24ClNO4. The van der Waals surface area contributed by atoms with Gasteiger partial charge in [0.25, 0.3) is 0 Å². The Morgan fingerprint density at radius 2 is 1.95 bits per heavy atom. The Kier molecular flexibility index (Phi) is 10.9. The number of anilines is 1. The minimum Gasteiger partial charge on any atom is -0.478 e. The number of nitrogens with two attached hydrogens (primary N) is 1. The van der Waals surface area contributed by atoms with Gasteiger partial charge in [-0.3, -0.25) is 0 Å². The number of ether oxygens (including phenoxy) is 1. The van der Waals surface area contributed by atoms with E-state index in [9.17, 15) is 9.59 Å². The fourth-order valence-corrected chi connectivity index (χ4v) is 1.84. The molecule has 22 heavy (non-hydrogen) atoms. The Morgan fingerprint density at radius 1 is 1.32 bits per heavy atom. The number of rotatable bonds is 7. The highest BCUT2D eigenvalue weighted by molar-refractivity contribution is 6.61. The van der Waals surface area contributed by atoms with Crippen molar-refractivity contribution in [1.29, 1.82) is 0 Å². The zero-order chi connectivity index (χ0) is 17.0. The number of benzene rings is 1. The molecule has 1 rings (SSSR count). The third kappa shape index (κ3) is 9.23. The first kappa shape index (κ1) is 20.2. The Hall–Kier alpha value is -1.75. The van der Waals surface area contributed by atoms with Gasteiger partial charge >= 0.3 is 11.4 Å². The number of carboxylic acids is 1. The molecule has 0 spiro atoms. The van der Waals surface area contributed by atoms with Crippen LogP contribution in [0.3, 0.4) is 0 Å². The molecule has 6 heteroatoms. The lowest BCUT2D eigenvalue weighted by Gasteiger charge is -2.12. The zero-order valence-corrected chi connectivity index (χ0v) is 13.8. The molecule has 0 aliphatic rings. The van der Waals surface area contributed by atoms with E-state index in [0.717, 1.165) is 12.8 Å². The number of aromatic carboxylic acids is 1. The van der Waals surface area contributed by atoms with Crippen molar-refractivity contribution in [3.63, 3.8) is 0 Å². The van der Waals surface area contributed by atoms with Crippen molar-refractivity contribution in [3.8, 4) is 0 Å². The molecule has 0 bridgehead atoms. The lowest BCUT2D eigenvalue weighted by atomic mass is 10.0. The zero-order valence-electron chi connectivity index (χ0n) is 13.0. The van der Waals surface area contributed by atoms with E-state index >= 15 is 0 Å². The van der Waals surface area contributed by atoms with E-state index in [2.05, 4.69) is 13.8 Å². The molecule has 5 nitrogen and oxygen atoms in total. The molecule has 0 fully saturated rings. The van der Waals surface area contributed by atoms with Crippen LogP contribution >= 0.6 is 11.6 Å². The highest BCUT2D eigenvalue weighted by Gasteiger charge is 2.07. The predicted octanol–water partition coefficient (Wildman–Crippen LogP) is 4.55. The second-order valence-corrected chi connectivity index (χ2v) is 5.17. The molecule has 0 aromatic heterocycles. The van der Waals surface area contributed by atoms with Crippen molar-refractivity contribution < 1.29 is 19.4 Å². The molecular weight excluding hydrogens is 306 g/mol. The van der Waals surface area contributed by atoms with Crippen LogP contribution in [0.2, 0.25) is 0 Å². The van der Waals surface area contributed by atoms with Gasteiger partial charge in [-0.05, 0) is 24.5 Å². The highest BCUT2D eigenvalue weighted by Crippen LogP contribution is 2.13. The Morgan fingerprint density at radius 3 is 2.36 bits per heavy atom. The molecule has 1 aromatic rings. The van der Waals surface area contributed by atoms with Crippen molar-refractivity contribution in [2.75, 3.05) is 12.3 Å². The minimum absolute atomic E-state index is 0.155. The van der Waals surface area contributed by atoms with Gasteiger partial charge in [0.15, 0.2) is 0 Å². The van der Waals surface area contributed by atoms with E-state index in [-0.39, 0.29) is 5.56 Å². The summed E-state index contributed by atoms with van der Waals surface area (Å²) in [5, 5.41) is 8.49. The third-order valence-corrected chi connectivity index (χ3v) is 3.28. The van der Waals surface area contributed by atoms with Crippen LogP contribution in [0.1, 0.15) is 49.9 Å². The van der Waals surface area contributed by atoms with Gasteiger partial charge in [-0.25, -0.2) is 9.59 Å². The number of nitrogen functional groups attached to an aromatic ring is 1.